The molecule has 1 aliphatic heterocycles. The number of carbonyl (C=O) groups excluding carboxylic acids is 1. The molecule has 1 aromatic carbocycles. The molecule has 0 saturated carbocycles. The lowest BCUT2D eigenvalue weighted by molar-refractivity contribution is -0.113. The summed E-state index contributed by atoms with van der Waals surface area (Å²) >= 11 is 1.87. The zero-order chi connectivity index (χ0) is 28.9. The minimum absolute atomic E-state index is 0.169. The van der Waals surface area contributed by atoms with Crippen molar-refractivity contribution in [1.82, 2.24) is 0 Å². The topological polar surface area (TPSA) is 68.7 Å². The van der Waals surface area contributed by atoms with E-state index in [2.05, 4.69) is 67.8 Å². The number of hydrogen-bond donors (Lipinski definition) is 1. The van der Waals surface area contributed by atoms with E-state index < -0.39 is 11.2 Å². The van der Waals surface area contributed by atoms with Crippen molar-refractivity contribution in [3.63, 3.8) is 0 Å². The third-order valence-corrected chi connectivity index (χ3v) is 9.24. The number of rotatable bonds is 12. The second-order valence-corrected chi connectivity index (χ2v) is 12.4. The molecule has 6 heteroatoms. The molecule has 0 bridgehead atoms. The highest BCUT2D eigenvalue weighted by molar-refractivity contribution is 7.15. The zero-order valence-corrected chi connectivity index (χ0v) is 25.0. The van der Waals surface area contributed by atoms with Crippen LogP contribution in [0.5, 0.6) is 0 Å². The monoisotopic (exact) mass is 553 g/mol. The Morgan fingerprint density at radius 2 is 1.82 bits per heavy atom. The van der Waals surface area contributed by atoms with Gasteiger partial charge in [0, 0.05) is 33.1 Å². The number of hydrogen-bond acceptors (Lipinski definition) is 5. The second kappa shape index (κ2) is 12.7. The first-order chi connectivity index (χ1) is 19.3. The number of allylic oxidation sites excluding steroid dienone is 5. The van der Waals surface area contributed by atoms with Crippen molar-refractivity contribution in [3.05, 3.63) is 86.6 Å². The third-order valence-electron chi connectivity index (χ3n) is 8.05. The van der Waals surface area contributed by atoms with E-state index in [0.717, 1.165) is 43.6 Å². The molecule has 0 saturated heterocycles. The number of anilines is 1. The average molecular weight is 554 g/mol. The molecule has 1 aromatic heterocycles. The molecule has 40 heavy (non-hydrogen) atoms. The van der Waals surface area contributed by atoms with Crippen molar-refractivity contribution >= 4 is 22.8 Å². The van der Waals surface area contributed by atoms with Gasteiger partial charge in [-0.1, -0.05) is 72.3 Å². The lowest BCUT2D eigenvalue weighted by Gasteiger charge is -2.29. The van der Waals surface area contributed by atoms with Crippen LogP contribution in [-0.4, -0.2) is 17.4 Å². The molecular weight excluding hydrogens is 514 g/mol. The molecule has 1 aliphatic carbocycles. The number of nitriles is 1. The number of aryl methyl sites for hydroxylation is 1. The zero-order valence-electron chi connectivity index (χ0n) is 24.1. The summed E-state index contributed by atoms with van der Waals surface area (Å²) in [6.45, 7) is 16.8. The Morgan fingerprint density at radius 1 is 1.10 bits per heavy atom. The van der Waals surface area contributed by atoms with Crippen LogP contribution in [0.25, 0.3) is 15.3 Å². The van der Waals surface area contributed by atoms with Crippen molar-refractivity contribution in [2.24, 2.45) is 0 Å². The van der Waals surface area contributed by atoms with Gasteiger partial charge < -0.3 is 10.0 Å². The maximum Gasteiger partial charge on any atom is 0.276 e. The van der Waals surface area contributed by atoms with Gasteiger partial charge in [-0.3, -0.25) is 4.79 Å². The molecular formula is C34H39N3O2S. The molecule has 2 aromatic rings. The quantitative estimate of drug-likeness (QED) is 0.123. The fraction of sp³-hybridized carbons (Fsp3) is 0.441. The molecule has 5 nitrogen and oxygen atoms in total. The van der Waals surface area contributed by atoms with E-state index in [9.17, 15) is 15.2 Å². The fourth-order valence-corrected chi connectivity index (χ4v) is 6.71. The first-order valence-electron chi connectivity index (χ1n) is 14.5. The number of nitrogens with zero attached hydrogens (tertiary/aromatic N) is 3. The van der Waals surface area contributed by atoms with E-state index in [4.69, 9.17) is 6.57 Å². The number of ketones is 1. The first kappa shape index (κ1) is 29.4. The summed E-state index contributed by atoms with van der Waals surface area (Å²) in [6.07, 6.45) is 12.4. The van der Waals surface area contributed by atoms with Gasteiger partial charge in [-0.15, -0.1) is 11.3 Å². The SMILES string of the molecule is [C-]#[N+]/C(C#N)=C1/C(=O)C(/C=C2/N(CCCCCC)c3ccc(-c4ccc(CCCCCC)s4)cc3C2(C)C)=C1O. The summed E-state index contributed by atoms with van der Waals surface area (Å²) in [6, 6.07) is 12.9. The van der Waals surface area contributed by atoms with Crippen LogP contribution in [0.4, 0.5) is 5.69 Å². The molecule has 1 N–H and O–H groups in total. The highest BCUT2D eigenvalue weighted by Gasteiger charge is 2.43. The second-order valence-electron chi connectivity index (χ2n) is 11.2. The van der Waals surface area contributed by atoms with Gasteiger partial charge in [0.05, 0.1) is 23.8 Å². The first-order valence-corrected chi connectivity index (χ1v) is 15.3. The van der Waals surface area contributed by atoms with E-state index in [1.807, 2.05) is 11.3 Å². The number of thiophene rings is 1. The predicted octanol–water partition coefficient (Wildman–Crippen LogP) is 9.19. The van der Waals surface area contributed by atoms with Gasteiger partial charge in [-0.25, -0.2) is 10.1 Å². The number of carbonyl (C=O) groups is 1. The normalized spacial score (nSPS) is 18.0. The fourth-order valence-electron chi connectivity index (χ4n) is 5.67. The maximum atomic E-state index is 12.9. The Kier molecular flexibility index (Phi) is 9.33. The predicted molar refractivity (Wildman–Crippen MR) is 164 cm³/mol. The number of aliphatic hydroxyl groups excluding tert-OH is 1. The van der Waals surface area contributed by atoms with Gasteiger partial charge >= 0.3 is 0 Å². The third kappa shape index (κ3) is 5.65. The summed E-state index contributed by atoms with van der Waals surface area (Å²) in [7, 11) is 0. The van der Waals surface area contributed by atoms with Crippen molar-refractivity contribution in [3.8, 4) is 16.5 Å². The molecule has 0 atom stereocenters. The maximum absolute atomic E-state index is 12.9. The largest absolute Gasteiger partial charge is 0.508 e. The standard InChI is InChI=1S/C34H39N3O2S/c1-6-8-10-12-14-24-16-18-29(40-24)23-15-17-28-26(20-23)34(3,4)30(37(28)19-13-11-9-7-2)21-25-32(38)31(33(25)39)27(22-35)36-5/h15-18,20-21,38H,6-14,19H2,1-4H3/b30-21+,31-27+. The molecule has 0 amide bonds. The number of fused-ring (bicyclic) bond motifs is 1. The van der Waals surface area contributed by atoms with Crippen LogP contribution < -0.4 is 4.90 Å². The van der Waals surface area contributed by atoms with Crippen molar-refractivity contribution < 1.29 is 9.90 Å². The van der Waals surface area contributed by atoms with Gasteiger partial charge in [0.25, 0.3) is 5.70 Å². The van der Waals surface area contributed by atoms with Crippen molar-refractivity contribution in [2.45, 2.75) is 90.9 Å². The Labute approximate surface area is 243 Å². The molecule has 2 heterocycles. The summed E-state index contributed by atoms with van der Waals surface area (Å²) in [5.41, 5.74) is 3.73. The average Bonchev–Trinajstić information content (AvgIpc) is 3.51. The highest BCUT2D eigenvalue weighted by Crippen LogP contribution is 2.50. The Balaban J connectivity index is 1.70. The number of unbranched alkanes of at least 4 members (excludes halogenated alkanes) is 6. The summed E-state index contributed by atoms with van der Waals surface area (Å²) in [5.74, 6) is -0.700. The summed E-state index contributed by atoms with van der Waals surface area (Å²) in [5, 5.41) is 19.9. The minimum atomic E-state index is -0.444. The van der Waals surface area contributed by atoms with Crippen LogP contribution in [0.15, 0.2) is 64.7 Å². The van der Waals surface area contributed by atoms with Crippen LogP contribution in [0, 0.1) is 17.9 Å². The Hall–Kier alpha value is -3.61. The molecule has 4 rings (SSSR count). The van der Waals surface area contributed by atoms with E-state index >= 15 is 0 Å². The Morgan fingerprint density at radius 3 is 2.48 bits per heavy atom. The van der Waals surface area contributed by atoms with Crippen LogP contribution in [0.1, 0.15) is 89.5 Å². The van der Waals surface area contributed by atoms with Crippen LogP contribution >= 0.6 is 11.3 Å². The molecule has 0 radical (unpaired) electrons. The van der Waals surface area contributed by atoms with Crippen LogP contribution in [0.3, 0.4) is 0 Å². The summed E-state index contributed by atoms with van der Waals surface area (Å²) < 4.78 is 0. The van der Waals surface area contributed by atoms with E-state index in [-0.39, 0.29) is 22.6 Å². The molecule has 0 fully saturated rings. The number of Topliss-reactive ketones (excluding diaryl/α,β-unsaturated/α-hetero) is 1. The summed E-state index contributed by atoms with van der Waals surface area (Å²) in [4.78, 5) is 21.0. The molecule has 0 spiro atoms. The molecule has 2 aliphatic rings. The van der Waals surface area contributed by atoms with Gasteiger partial charge in [0.2, 0.25) is 0 Å². The smallest absolute Gasteiger partial charge is 0.276 e. The van der Waals surface area contributed by atoms with Crippen LogP contribution in [-0.2, 0) is 16.6 Å². The van der Waals surface area contributed by atoms with Crippen molar-refractivity contribution in [1.29, 1.82) is 5.26 Å². The van der Waals surface area contributed by atoms with Gasteiger partial charge in [-0.05, 0) is 60.7 Å². The van der Waals surface area contributed by atoms with Gasteiger partial charge in [-0.2, -0.15) is 0 Å². The molecule has 0 unspecified atom stereocenters. The van der Waals surface area contributed by atoms with Crippen molar-refractivity contribution in [2.75, 3.05) is 11.4 Å². The van der Waals surface area contributed by atoms with E-state index in [1.165, 1.54) is 53.0 Å². The van der Waals surface area contributed by atoms with E-state index in [0.29, 0.717) is 0 Å². The Bertz CT molecular complexity index is 1440. The molecule has 208 valence electrons. The minimum Gasteiger partial charge on any atom is -0.508 e. The number of benzene rings is 1. The number of aliphatic hydroxyl groups is 1. The van der Waals surface area contributed by atoms with E-state index in [1.54, 1.807) is 12.1 Å². The lowest BCUT2D eigenvalue weighted by Crippen LogP contribution is -2.30. The van der Waals surface area contributed by atoms with Crippen LogP contribution in [0.2, 0.25) is 0 Å². The highest BCUT2D eigenvalue weighted by atomic mass is 32.1. The lowest BCUT2D eigenvalue weighted by atomic mass is 9.79. The van der Waals surface area contributed by atoms with Gasteiger partial charge in [0.15, 0.2) is 5.78 Å². The van der Waals surface area contributed by atoms with Gasteiger partial charge in [0.1, 0.15) is 5.76 Å².